The number of morpholine rings is 1. The molecule has 0 aromatic rings. The summed E-state index contributed by atoms with van der Waals surface area (Å²) >= 11 is 0. The molecule has 2 fully saturated rings. The maximum Gasteiger partial charge on any atom is 0.0674 e. The van der Waals surface area contributed by atoms with E-state index in [1.54, 1.807) is 0 Å². The molecular formula is C16H32N2O. The zero-order valence-corrected chi connectivity index (χ0v) is 13.4. The first kappa shape index (κ1) is 15.3. The molecule has 19 heavy (non-hydrogen) atoms. The van der Waals surface area contributed by atoms with E-state index in [1.165, 1.54) is 19.3 Å². The summed E-state index contributed by atoms with van der Waals surface area (Å²) in [4.78, 5) is 2.71. The van der Waals surface area contributed by atoms with E-state index >= 15 is 0 Å². The van der Waals surface area contributed by atoms with Crippen LogP contribution in [-0.4, -0.2) is 48.8 Å². The maximum absolute atomic E-state index is 5.80. The van der Waals surface area contributed by atoms with E-state index in [0.717, 1.165) is 19.7 Å². The van der Waals surface area contributed by atoms with Gasteiger partial charge in [-0.2, -0.15) is 0 Å². The number of nitrogens with zero attached hydrogens (tertiary/aromatic N) is 1. The Morgan fingerprint density at radius 1 is 1.32 bits per heavy atom. The third-order valence-electron chi connectivity index (χ3n) is 5.05. The predicted octanol–water partition coefficient (Wildman–Crippen LogP) is 2.65. The van der Waals surface area contributed by atoms with Crippen LogP contribution in [0.3, 0.4) is 0 Å². The minimum absolute atomic E-state index is 0.378. The van der Waals surface area contributed by atoms with Gasteiger partial charge >= 0.3 is 0 Å². The molecule has 0 radical (unpaired) electrons. The van der Waals surface area contributed by atoms with E-state index in [2.05, 4.69) is 44.8 Å². The van der Waals surface area contributed by atoms with Crippen LogP contribution in [0.25, 0.3) is 0 Å². The van der Waals surface area contributed by atoms with Crippen LogP contribution >= 0.6 is 0 Å². The zero-order valence-electron chi connectivity index (χ0n) is 13.4. The molecule has 1 saturated heterocycles. The van der Waals surface area contributed by atoms with E-state index < -0.39 is 0 Å². The first-order valence-corrected chi connectivity index (χ1v) is 8.06. The molecule has 4 atom stereocenters. The summed E-state index contributed by atoms with van der Waals surface area (Å²) in [6, 6.07) is 1.83. The highest BCUT2D eigenvalue weighted by Gasteiger charge is 2.43. The topological polar surface area (TPSA) is 24.5 Å². The third-order valence-corrected chi connectivity index (χ3v) is 5.05. The third kappa shape index (κ3) is 3.32. The Hall–Kier alpha value is -0.120. The standard InChI is InChI=1S/C16H32N2O/c1-6-17-15-14(8-7-9-16(15,4)5)18-10-13(3)19-11-12(18)2/h12-15,17H,6-11H2,1-5H3. The average Bonchev–Trinajstić information content (AvgIpc) is 2.35. The molecule has 0 bridgehead atoms. The van der Waals surface area contributed by atoms with Gasteiger partial charge in [0.2, 0.25) is 0 Å². The van der Waals surface area contributed by atoms with Crippen molar-refractivity contribution in [2.24, 2.45) is 5.41 Å². The SMILES string of the molecule is CCNC1C(N2CC(C)OCC2C)CCCC1(C)C. The Morgan fingerprint density at radius 3 is 2.74 bits per heavy atom. The quantitative estimate of drug-likeness (QED) is 0.851. The lowest BCUT2D eigenvalue weighted by molar-refractivity contribution is -0.0870. The first-order chi connectivity index (χ1) is 8.95. The molecule has 1 N–H and O–H groups in total. The smallest absolute Gasteiger partial charge is 0.0674 e. The lowest BCUT2D eigenvalue weighted by Gasteiger charge is -2.52. The van der Waals surface area contributed by atoms with Gasteiger partial charge < -0.3 is 10.1 Å². The van der Waals surface area contributed by atoms with Crippen molar-refractivity contribution in [1.82, 2.24) is 10.2 Å². The maximum atomic E-state index is 5.80. The Bertz CT molecular complexity index is 292. The number of hydrogen-bond donors (Lipinski definition) is 1. The van der Waals surface area contributed by atoms with Gasteiger partial charge in [0.25, 0.3) is 0 Å². The van der Waals surface area contributed by atoms with Crippen molar-refractivity contribution < 1.29 is 4.74 Å². The second kappa shape index (κ2) is 6.11. The van der Waals surface area contributed by atoms with E-state index in [9.17, 15) is 0 Å². The molecule has 2 rings (SSSR count). The number of nitrogens with one attached hydrogen (secondary N) is 1. The fourth-order valence-corrected chi connectivity index (χ4v) is 3.99. The highest BCUT2D eigenvalue weighted by Crippen LogP contribution is 2.39. The van der Waals surface area contributed by atoms with Crippen molar-refractivity contribution in [3.63, 3.8) is 0 Å². The van der Waals surface area contributed by atoms with E-state index in [1.807, 2.05) is 0 Å². The van der Waals surface area contributed by atoms with Crippen molar-refractivity contribution in [3.8, 4) is 0 Å². The van der Waals surface area contributed by atoms with Gasteiger partial charge in [-0.1, -0.05) is 27.2 Å². The summed E-state index contributed by atoms with van der Waals surface area (Å²) in [5.41, 5.74) is 0.403. The molecule has 1 aliphatic heterocycles. The van der Waals surface area contributed by atoms with Crippen molar-refractivity contribution in [2.75, 3.05) is 19.7 Å². The van der Waals surface area contributed by atoms with Crippen molar-refractivity contribution in [1.29, 1.82) is 0 Å². The lowest BCUT2D eigenvalue weighted by Crippen LogP contribution is -2.63. The van der Waals surface area contributed by atoms with Crippen LogP contribution in [0.4, 0.5) is 0 Å². The average molecular weight is 268 g/mol. The highest BCUT2D eigenvalue weighted by atomic mass is 16.5. The van der Waals surface area contributed by atoms with Crippen LogP contribution in [0.2, 0.25) is 0 Å². The largest absolute Gasteiger partial charge is 0.376 e. The van der Waals surface area contributed by atoms with Crippen LogP contribution in [0.1, 0.15) is 53.9 Å². The Balaban J connectivity index is 2.14. The number of ether oxygens (including phenoxy) is 1. The molecule has 3 nitrogen and oxygen atoms in total. The molecular weight excluding hydrogens is 236 g/mol. The van der Waals surface area contributed by atoms with Gasteiger partial charge in [-0.05, 0) is 38.6 Å². The van der Waals surface area contributed by atoms with E-state index in [0.29, 0.717) is 29.6 Å². The number of hydrogen-bond acceptors (Lipinski definition) is 3. The Kier molecular flexibility index (Phi) is 4.91. The van der Waals surface area contributed by atoms with E-state index in [4.69, 9.17) is 4.74 Å². The van der Waals surface area contributed by atoms with Gasteiger partial charge in [0, 0.05) is 24.7 Å². The summed E-state index contributed by atoms with van der Waals surface area (Å²) in [5, 5.41) is 3.78. The van der Waals surface area contributed by atoms with Crippen LogP contribution in [0, 0.1) is 5.41 Å². The minimum Gasteiger partial charge on any atom is -0.376 e. The summed E-state index contributed by atoms with van der Waals surface area (Å²) < 4.78 is 5.80. The van der Waals surface area contributed by atoms with Crippen LogP contribution in [0.15, 0.2) is 0 Å². The van der Waals surface area contributed by atoms with Crippen LogP contribution in [-0.2, 0) is 4.74 Å². The lowest BCUT2D eigenvalue weighted by atomic mass is 9.70. The van der Waals surface area contributed by atoms with Gasteiger partial charge in [-0.15, -0.1) is 0 Å². The van der Waals surface area contributed by atoms with Gasteiger partial charge in [0.15, 0.2) is 0 Å². The molecule has 0 aromatic carbocycles. The zero-order chi connectivity index (χ0) is 14.0. The molecule has 3 heteroatoms. The van der Waals surface area contributed by atoms with Gasteiger partial charge in [-0.3, -0.25) is 4.90 Å². The molecule has 4 unspecified atom stereocenters. The summed E-state index contributed by atoms with van der Waals surface area (Å²) in [7, 11) is 0. The first-order valence-electron chi connectivity index (χ1n) is 8.06. The molecule has 0 amide bonds. The minimum atomic E-state index is 0.378. The van der Waals surface area contributed by atoms with Crippen LogP contribution < -0.4 is 5.32 Å². The van der Waals surface area contributed by atoms with E-state index in [-0.39, 0.29) is 0 Å². The van der Waals surface area contributed by atoms with Crippen molar-refractivity contribution in [3.05, 3.63) is 0 Å². The number of rotatable bonds is 3. The highest BCUT2D eigenvalue weighted by molar-refractivity contribution is 4.99. The van der Waals surface area contributed by atoms with Crippen molar-refractivity contribution >= 4 is 0 Å². The second-order valence-electron chi connectivity index (χ2n) is 7.17. The monoisotopic (exact) mass is 268 g/mol. The second-order valence-corrected chi connectivity index (χ2v) is 7.17. The molecule has 1 saturated carbocycles. The summed E-state index contributed by atoms with van der Waals surface area (Å²) in [6.07, 6.45) is 4.41. The van der Waals surface area contributed by atoms with Gasteiger partial charge in [-0.25, -0.2) is 0 Å². The Morgan fingerprint density at radius 2 is 2.05 bits per heavy atom. The normalized spacial score (nSPS) is 40.3. The van der Waals surface area contributed by atoms with Crippen molar-refractivity contribution in [2.45, 2.75) is 78.1 Å². The fraction of sp³-hybridized carbons (Fsp3) is 1.00. The van der Waals surface area contributed by atoms with Gasteiger partial charge in [0.05, 0.1) is 12.7 Å². The molecule has 112 valence electrons. The van der Waals surface area contributed by atoms with Gasteiger partial charge in [0.1, 0.15) is 0 Å². The summed E-state index contributed by atoms with van der Waals surface area (Å²) in [6.45, 7) is 14.7. The molecule has 2 aliphatic rings. The number of likely N-dealkylation sites (N-methyl/N-ethyl adjacent to an activating group) is 1. The molecule has 0 spiro atoms. The molecule has 0 aromatic heterocycles. The molecule has 1 heterocycles. The summed E-state index contributed by atoms with van der Waals surface area (Å²) in [5.74, 6) is 0. The van der Waals surface area contributed by atoms with Crippen LogP contribution in [0.5, 0.6) is 0 Å². The fourth-order valence-electron chi connectivity index (χ4n) is 3.99. The Labute approximate surface area is 119 Å². The predicted molar refractivity (Wildman–Crippen MR) is 80.5 cm³/mol. The molecule has 1 aliphatic carbocycles.